The van der Waals surface area contributed by atoms with Gasteiger partial charge < -0.3 is 16.4 Å². The molecule has 0 heterocycles. The fraction of sp³-hybridized carbons (Fsp3) is 0.125. The van der Waals surface area contributed by atoms with E-state index in [0.29, 0.717) is 11.3 Å². The predicted octanol–water partition coefficient (Wildman–Crippen LogP) is 2.34. The third-order valence-electron chi connectivity index (χ3n) is 3.08. The number of rotatable bonds is 4. The molecule has 0 fully saturated rings. The van der Waals surface area contributed by atoms with Gasteiger partial charge in [0.15, 0.2) is 0 Å². The van der Waals surface area contributed by atoms with Crippen LogP contribution in [0.1, 0.15) is 17.2 Å². The number of primary amides is 1. The first kappa shape index (κ1) is 14.6. The van der Waals surface area contributed by atoms with E-state index in [0.717, 1.165) is 5.56 Å². The molecule has 0 spiro atoms. The second kappa shape index (κ2) is 6.56. The van der Waals surface area contributed by atoms with Crippen molar-refractivity contribution in [2.45, 2.75) is 13.0 Å². The van der Waals surface area contributed by atoms with Crippen molar-refractivity contribution in [3.8, 4) is 0 Å². The molecule has 0 aromatic heterocycles. The molecule has 1 unspecified atom stereocenters. The van der Waals surface area contributed by atoms with Gasteiger partial charge in [-0.1, -0.05) is 48.5 Å². The van der Waals surface area contributed by atoms with Crippen LogP contribution in [0.15, 0.2) is 54.6 Å². The largest absolute Gasteiger partial charge is 0.352 e. The number of anilines is 1. The van der Waals surface area contributed by atoms with Crippen LogP contribution in [-0.4, -0.2) is 11.9 Å². The van der Waals surface area contributed by atoms with Gasteiger partial charge in [-0.25, -0.2) is 4.79 Å². The lowest BCUT2D eigenvalue weighted by Gasteiger charge is -2.18. The van der Waals surface area contributed by atoms with Crippen LogP contribution in [-0.2, 0) is 4.79 Å². The van der Waals surface area contributed by atoms with Gasteiger partial charge in [0.2, 0.25) is 0 Å². The number of amides is 3. The van der Waals surface area contributed by atoms with Crippen LogP contribution < -0.4 is 16.4 Å². The molecule has 5 nitrogen and oxygen atoms in total. The molecule has 5 heteroatoms. The summed E-state index contributed by atoms with van der Waals surface area (Å²) in [6.45, 7) is 1.90. The predicted molar refractivity (Wildman–Crippen MR) is 81.7 cm³/mol. The van der Waals surface area contributed by atoms with E-state index >= 15 is 0 Å². The summed E-state index contributed by atoms with van der Waals surface area (Å²) in [7, 11) is 0. The average molecular weight is 283 g/mol. The van der Waals surface area contributed by atoms with E-state index in [1.807, 2.05) is 31.2 Å². The van der Waals surface area contributed by atoms with Gasteiger partial charge in [0, 0.05) is 5.69 Å². The summed E-state index contributed by atoms with van der Waals surface area (Å²) in [5, 5.41) is 5.27. The van der Waals surface area contributed by atoms with Crippen molar-refractivity contribution in [3.05, 3.63) is 65.7 Å². The van der Waals surface area contributed by atoms with E-state index in [4.69, 9.17) is 5.73 Å². The van der Waals surface area contributed by atoms with Crippen molar-refractivity contribution >= 4 is 17.6 Å². The molecule has 2 aromatic carbocycles. The topological polar surface area (TPSA) is 84.2 Å². The fourth-order valence-electron chi connectivity index (χ4n) is 2.01. The molecule has 108 valence electrons. The highest BCUT2D eigenvalue weighted by molar-refractivity contribution is 5.98. The number of aryl methyl sites for hydroxylation is 1. The van der Waals surface area contributed by atoms with Crippen molar-refractivity contribution in [3.63, 3.8) is 0 Å². The Bertz CT molecular complexity index is 641. The Kier molecular flexibility index (Phi) is 4.56. The SMILES string of the molecule is Cc1ccccc1NC(=O)C(NC(N)=O)c1ccccc1. The summed E-state index contributed by atoms with van der Waals surface area (Å²) in [4.78, 5) is 23.6. The van der Waals surface area contributed by atoms with Gasteiger partial charge in [-0.05, 0) is 24.1 Å². The first-order valence-corrected chi connectivity index (χ1v) is 6.55. The fourth-order valence-corrected chi connectivity index (χ4v) is 2.01. The number of carbonyl (C=O) groups excluding carboxylic acids is 2. The molecule has 0 aliphatic carbocycles. The van der Waals surface area contributed by atoms with Gasteiger partial charge in [0.25, 0.3) is 5.91 Å². The molecule has 0 radical (unpaired) electrons. The molecule has 0 aliphatic heterocycles. The lowest BCUT2D eigenvalue weighted by molar-refractivity contribution is -0.118. The van der Waals surface area contributed by atoms with E-state index in [1.165, 1.54) is 0 Å². The van der Waals surface area contributed by atoms with Gasteiger partial charge in [0.1, 0.15) is 6.04 Å². The average Bonchev–Trinajstić information content (AvgIpc) is 2.48. The summed E-state index contributed by atoms with van der Waals surface area (Å²) >= 11 is 0. The van der Waals surface area contributed by atoms with E-state index in [2.05, 4.69) is 10.6 Å². The van der Waals surface area contributed by atoms with E-state index < -0.39 is 12.1 Å². The third-order valence-corrected chi connectivity index (χ3v) is 3.08. The van der Waals surface area contributed by atoms with Crippen LogP contribution in [0.5, 0.6) is 0 Å². The van der Waals surface area contributed by atoms with E-state index in [9.17, 15) is 9.59 Å². The summed E-state index contributed by atoms with van der Waals surface area (Å²) in [5.41, 5.74) is 7.48. The minimum Gasteiger partial charge on any atom is -0.352 e. The Labute approximate surface area is 123 Å². The molecule has 2 aromatic rings. The molecule has 21 heavy (non-hydrogen) atoms. The summed E-state index contributed by atoms with van der Waals surface area (Å²) in [5.74, 6) is -0.339. The van der Waals surface area contributed by atoms with Gasteiger partial charge in [0.05, 0.1) is 0 Å². The van der Waals surface area contributed by atoms with Gasteiger partial charge in [-0.15, -0.1) is 0 Å². The van der Waals surface area contributed by atoms with Crippen LogP contribution in [0.2, 0.25) is 0 Å². The smallest absolute Gasteiger partial charge is 0.313 e. The molecule has 0 saturated carbocycles. The zero-order valence-electron chi connectivity index (χ0n) is 11.7. The molecular formula is C16H17N3O2. The monoisotopic (exact) mass is 283 g/mol. The normalized spacial score (nSPS) is 11.5. The molecule has 0 aliphatic rings. The summed E-state index contributed by atoms with van der Waals surface area (Å²) in [6.07, 6.45) is 0. The van der Waals surface area contributed by atoms with Crippen molar-refractivity contribution in [2.24, 2.45) is 5.73 Å². The standard InChI is InChI=1S/C16H17N3O2/c1-11-7-5-6-10-13(11)18-15(20)14(19-16(17)21)12-8-3-2-4-9-12/h2-10,14H,1H3,(H,18,20)(H3,17,19,21). The van der Waals surface area contributed by atoms with Crippen LogP contribution in [0, 0.1) is 6.92 Å². The van der Waals surface area contributed by atoms with Crippen LogP contribution >= 0.6 is 0 Å². The number of hydrogen-bond acceptors (Lipinski definition) is 2. The quantitative estimate of drug-likeness (QED) is 0.804. The zero-order valence-corrected chi connectivity index (χ0v) is 11.7. The molecule has 0 saturated heterocycles. The number of urea groups is 1. The number of benzene rings is 2. The maximum Gasteiger partial charge on any atom is 0.313 e. The van der Waals surface area contributed by atoms with E-state index in [1.54, 1.807) is 30.3 Å². The van der Waals surface area contributed by atoms with Crippen molar-refractivity contribution in [1.29, 1.82) is 0 Å². The Morgan fingerprint density at radius 2 is 1.62 bits per heavy atom. The molecule has 4 N–H and O–H groups in total. The molecule has 1 atom stereocenters. The number of carbonyl (C=O) groups is 2. The minimum absolute atomic E-state index is 0.339. The maximum atomic E-state index is 12.4. The van der Waals surface area contributed by atoms with Gasteiger partial charge >= 0.3 is 6.03 Å². The lowest BCUT2D eigenvalue weighted by Crippen LogP contribution is -2.39. The van der Waals surface area contributed by atoms with Gasteiger partial charge in [-0.3, -0.25) is 4.79 Å². The lowest BCUT2D eigenvalue weighted by atomic mass is 10.1. The van der Waals surface area contributed by atoms with Crippen LogP contribution in [0.3, 0.4) is 0 Å². The molecule has 2 rings (SSSR count). The van der Waals surface area contributed by atoms with E-state index in [-0.39, 0.29) is 5.91 Å². The van der Waals surface area contributed by atoms with Crippen LogP contribution in [0.4, 0.5) is 10.5 Å². The van der Waals surface area contributed by atoms with Crippen LogP contribution in [0.25, 0.3) is 0 Å². The molecular weight excluding hydrogens is 266 g/mol. The number of nitrogens with one attached hydrogen (secondary N) is 2. The van der Waals surface area contributed by atoms with Gasteiger partial charge in [-0.2, -0.15) is 0 Å². The number of nitrogens with two attached hydrogens (primary N) is 1. The molecule has 3 amide bonds. The first-order chi connectivity index (χ1) is 10.1. The maximum absolute atomic E-state index is 12.4. The first-order valence-electron chi connectivity index (χ1n) is 6.55. The van der Waals surface area contributed by atoms with Crippen molar-refractivity contribution < 1.29 is 9.59 Å². The third kappa shape index (κ3) is 3.82. The summed E-state index contributed by atoms with van der Waals surface area (Å²) in [6, 6.07) is 14.8. The highest BCUT2D eigenvalue weighted by atomic mass is 16.2. The number of para-hydroxylation sites is 1. The second-order valence-corrected chi connectivity index (χ2v) is 4.66. The van der Waals surface area contributed by atoms with Crippen molar-refractivity contribution in [1.82, 2.24) is 5.32 Å². The summed E-state index contributed by atoms with van der Waals surface area (Å²) < 4.78 is 0. The highest BCUT2D eigenvalue weighted by Crippen LogP contribution is 2.18. The minimum atomic E-state index is -0.830. The Balaban J connectivity index is 2.23. The highest BCUT2D eigenvalue weighted by Gasteiger charge is 2.22. The Hall–Kier alpha value is -2.82. The second-order valence-electron chi connectivity index (χ2n) is 4.66. The Morgan fingerprint density at radius 3 is 2.24 bits per heavy atom. The number of hydrogen-bond donors (Lipinski definition) is 3. The van der Waals surface area contributed by atoms with Crippen molar-refractivity contribution in [2.75, 3.05) is 5.32 Å². The molecule has 0 bridgehead atoms. The zero-order chi connectivity index (χ0) is 15.2. The Morgan fingerprint density at radius 1 is 1.00 bits per heavy atom.